The first-order valence-corrected chi connectivity index (χ1v) is 12.4. The van der Waals surface area contributed by atoms with Crippen molar-refractivity contribution in [2.45, 2.75) is 46.4 Å². The molecule has 1 amide bonds. The summed E-state index contributed by atoms with van der Waals surface area (Å²) in [6, 6.07) is 16.2. The van der Waals surface area contributed by atoms with Gasteiger partial charge in [-0.15, -0.1) is 0 Å². The molecule has 7 nitrogen and oxygen atoms in total. The molecule has 1 aliphatic heterocycles. The van der Waals surface area contributed by atoms with Crippen LogP contribution in [0.5, 0.6) is 0 Å². The lowest BCUT2D eigenvalue weighted by atomic mass is 9.87. The van der Waals surface area contributed by atoms with Crippen molar-refractivity contribution in [2.75, 3.05) is 20.8 Å². The Bertz CT molecular complexity index is 1500. The number of aliphatic hydroxyl groups excluding tert-OH is 1. The Kier molecular flexibility index (Phi) is 7.39. The first kappa shape index (κ1) is 26.4. The minimum absolute atomic E-state index is 0.0428. The third kappa shape index (κ3) is 4.28. The second-order valence-electron chi connectivity index (χ2n) is 9.38. The number of aliphatic hydroxyl groups is 1. The summed E-state index contributed by atoms with van der Waals surface area (Å²) in [6.45, 7) is 8.40. The molecule has 7 heteroatoms. The lowest BCUT2D eigenvalue weighted by Gasteiger charge is -2.32. The largest absolute Gasteiger partial charge is 0.469 e. The van der Waals surface area contributed by atoms with E-state index in [1.807, 2.05) is 37.3 Å². The van der Waals surface area contributed by atoms with Gasteiger partial charge in [0.15, 0.2) is 5.72 Å². The molecule has 0 radical (unpaired) electrons. The van der Waals surface area contributed by atoms with E-state index >= 15 is 0 Å². The van der Waals surface area contributed by atoms with Gasteiger partial charge in [0.25, 0.3) is 5.91 Å². The smallest absolute Gasteiger partial charge is 0.310 e. The Morgan fingerprint density at radius 2 is 1.73 bits per heavy atom. The Hall–Kier alpha value is -3.68. The molecule has 1 atom stereocenters. The highest BCUT2D eigenvalue weighted by atomic mass is 16.5. The molecular weight excluding hydrogens is 468 g/mol. The van der Waals surface area contributed by atoms with Gasteiger partial charge < -0.3 is 24.5 Å². The van der Waals surface area contributed by atoms with Gasteiger partial charge in [-0.3, -0.25) is 9.59 Å². The van der Waals surface area contributed by atoms with Gasteiger partial charge >= 0.3 is 5.97 Å². The Balaban J connectivity index is 0.00000102. The number of nitrogens with one attached hydrogen (secondary N) is 1. The lowest BCUT2D eigenvalue weighted by molar-refractivity contribution is -0.152. The summed E-state index contributed by atoms with van der Waals surface area (Å²) in [4.78, 5) is 25.6. The van der Waals surface area contributed by atoms with Gasteiger partial charge in [0.05, 0.1) is 30.1 Å². The third-order valence-corrected chi connectivity index (χ3v) is 7.14. The predicted octanol–water partition coefficient (Wildman–Crippen LogP) is 5.20. The Labute approximate surface area is 217 Å². The molecule has 0 saturated carbocycles. The number of nitrogens with zero attached hydrogens (tertiary/aromatic N) is 1. The first-order chi connectivity index (χ1) is 17.7. The summed E-state index contributed by atoms with van der Waals surface area (Å²) in [6.07, 6.45) is 0.0428. The molecule has 1 aromatic heterocycles. The molecule has 194 valence electrons. The zero-order valence-electron chi connectivity index (χ0n) is 22.3. The van der Waals surface area contributed by atoms with E-state index in [-0.39, 0.29) is 24.9 Å². The van der Waals surface area contributed by atoms with E-state index in [9.17, 15) is 9.59 Å². The van der Waals surface area contributed by atoms with E-state index in [4.69, 9.17) is 14.6 Å². The standard InChI is InChI=1S/C28H28N2O4.C2H6O/c1-16-10-6-7-11-18(16)23-17(2)26-24(20-15-29-27(32)25(20)23)19-12-8-9-13-21(19)30(26)28(3,34-5)14-22(31)33-4;1-2-3/h6-13H,14-15H2,1-5H3,(H,29,32);3H,2H2,1H3/t28-;/m0./s1. The predicted molar refractivity (Wildman–Crippen MR) is 146 cm³/mol. The van der Waals surface area contributed by atoms with Crippen LogP contribution < -0.4 is 5.32 Å². The van der Waals surface area contributed by atoms with Crippen LogP contribution >= 0.6 is 0 Å². The van der Waals surface area contributed by atoms with E-state index < -0.39 is 5.72 Å². The molecular formula is C30H34N2O5. The SMILES string of the molecule is CCO.COC(=O)C[C@](C)(OC)n1c2ccccc2c2c3c(c(-c4ccccc4C)c(C)c21)C(=O)NC3. The molecule has 0 spiro atoms. The van der Waals surface area contributed by atoms with Gasteiger partial charge in [0.2, 0.25) is 0 Å². The number of hydrogen-bond acceptors (Lipinski definition) is 5. The van der Waals surface area contributed by atoms with Crippen molar-refractivity contribution < 1.29 is 24.2 Å². The number of para-hydroxylation sites is 1. The number of amides is 1. The number of benzene rings is 3. The van der Waals surface area contributed by atoms with Crippen molar-refractivity contribution in [1.29, 1.82) is 0 Å². The molecule has 37 heavy (non-hydrogen) atoms. The number of fused-ring (bicyclic) bond motifs is 5. The number of esters is 1. The van der Waals surface area contributed by atoms with E-state index in [1.54, 1.807) is 14.0 Å². The second-order valence-corrected chi connectivity index (χ2v) is 9.38. The van der Waals surface area contributed by atoms with Crippen LogP contribution in [0.15, 0.2) is 48.5 Å². The van der Waals surface area contributed by atoms with E-state index in [1.165, 1.54) is 7.11 Å². The zero-order chi connectivity index (χ0) is 26.9. The summed E-state index contributed by atoms with van der Waals surface area (Å²) < 4.78 is 13.1. The van der Waals surface area contributed by atoms with Crippen LogP contribution in [0.25, 0.3) is 32.9 Å². The van der Waals surface area contributed by atoms with Gasteiger partial charge in [0.1, 0.15) is 0 Å². The van der Waals surface area contributed by atoms with Crippen molar-refractivity contribution in [2.24, 2.45) is 0 Å². The van der Waals surface area contributed by atoms with Crippen LogP contribution in [0, 0.1) is 13.8 Å². The molecule has 5 rings (SSSR count). The van der Waals surface area contributed by atoms with Crippen molar-refractivity contribution >= 4 is 33.7 Å². The topological polar surface area (TPSA) is 89.8 Å². The average Bonchev–Trinajstić information content (AvgIpc) is 3.44. The van der Waals surface area contributed by atoms with E-state index in [0.717, 1.165) is 55.2 Å². The van der Waals surface area contributed by atoms with E-state index in [2.05, 4.69) is 41.9 Å². The Morgan fingerprint density at radius 1 is 1.08 bits per heavy atom. The molecule has 0 saturated heterocycles. The van der Waals surface area contributed by atoms with Crippen LogP contribution in [0.3, 0.4) is 0 Å². The summed E-state index contributed by atoms with van der Waals surface area (Å²) in [5.74, 6) is -0.413. The molecule has 4 aromatic rings. The van der Waals surface area contributed by atoms with Crippen molar-refractivity contribution in [1.82, 2.24) is 9.88 Å². The maximum atomic E-state index is 13.1. The number of hydrogen-bond donors (Lipinski definition) is 2. The summed E-state index contributed by atoms with van der Waals surface area (Å²) in [7, 11) is 3.00. The quantitative estimate of drug-likeness (QED) is 0.366. The maximum absolute atomic E-state index is 13.1. The molecule has 2 heterocycles. The highest BCUT2D eigenvalue weighted by Crippen LogP contribution is 2.46. The van der Waals surface area contributed by atoms with Crippen molar-refractivity contribution in [3.8, 4) is 11.1 Å². The molecule has 0 aliphatic carbocycles. The summed E-state index contributed by atoms with van der Waals surface area (Å²) in [5.41, 5.74) is 6.65. The number of aromatic nitrogens is 1. The molecule has 0 bridgehead atoms. The molecule has 0 fully saturated rings. The number of rotatable bonds is 5. The average molecular weight is 503 g/mol. The van der Waals surface area contributed by atoms with Gasteiger partial charge in [-0.1, -0.05) is 42.5 Å². The number of aryl methyl sites for hydroxylation is 2. The lowest BCUT2D eigenvalue weighted by Crippen LogP contribution is -2.35. The number of ether oxygens (including phenoxy) is 2. The van der Waals surface area contributed by atoms with Crippen molar-refractivity contribution in [3.63, 3.8) is 0 Å². The first-order valence-electron chi connectivity index (χ1n) is 12.4. The van der Waals surface area contributed by atoms with Gasteiger partial charge in [-0.2, -0.15) is 0 Å². The third-order valence-electron chi connectivity index (χ3n) is 7.14. The molecule has 0 unspecified atom stereocenters. The van der Waals surface area contributed by atoms with Crippen molar-refractivity contribution in [3.05, 3.63) is 70.8 Å². The molecule has 3 aromatic carbocycles. The highest BCUT2D eigenvalue weighted by molar-refractivity contribution is 6.19. The number of methoxy groups -OCH3 is 2. The zero-order valence-corrected chi connectivity index (χ0v) is 22.3. The fourth-order valence-electron chi connectivity index (χ4n) is 5.43. The molecule has 1 aliphatic rings. The fourth-order valence-corrected chi connectivity index (χ4v) is 5.43. The van der Waals surface area contributed by atoms with Crippen LogP contribution in [0.2, 0.25) is 0 Å². The minimum Gasteiger partial charge on any atom is -0.469 e. The van der Waals surface area contributed by atoms with Crippen LogP contribution in [-0.2, 0) is 26.5 Å². The monoisotopic (exact) mass is 502 g/mol. The Morgan fingerprint density at radius 3 is 2.38 bits per heavy atom. The van der Waals surface area contributed by atoms with E-state index in [0.29, 0.717) is 6.54 Å². The summed E-state index contributed by atoms with van der Waals surface area (Å²) >= 11 is 0. The summed E-state index contributed by atoms with van der Waals surface area (Å²) in [5, 5.41) is 12.7. The second kappa shape index (κ2) is 10.4. The molecule has 2 N–H and O–H groups in total. The fraction of sp³-hybridized carbons (Fsp3) is 0.333. The van der Waals surface area contributed by atoms with Gasteiger partial charge in [-0.05, 0) is 56.0 Å². The van der Waals surface area contributed by atoms with Gasteiger partial charge in [-0.25, -0.2) is 0 Å². The van der Waals surface area contributed by atoms with Crippen LogP contribution in [-0.4, -0.2) is 42.4 Å². The highest BCUT2D eigenvalue weighted by Gasteiger charge is 2.37. The number of carbonyl (C=O) groups excluding carboxylic acids is 2. The van der Waals surface area contributed by atoms with Crippen LogP contribution in [0.1, 0.15) is 47.3 Å². The van der Waals surface area contributed by atoms with Crippen LogP contribution in [0.4, 0.5) is 0 Å². The number of carbonyl (C=O) groups is 2. The normalized spacial score (nSPS) is 14.1. The maximum Gasteiger partial charge on any atom is 0.310 e. The minimum atomic E-state index is -0.994. The van der Waals surface area contributed by atoms with Gasteiger partial charge in [0, 0.05) is 36.6 Å².